The summed E-state index contributed by atoms with van der Waals surface area (Å²) in [5, 5.41) is 8.49. The highest BCUT2D eigenvalue weighted by molar-refractivity contribution is 5.76. The van der Waals surface area contributed by atoms with Crippen LogP contribution in [0.15, 0.2) is 34.9 Å². The molecule has 0 atom stereocenters. The van der Waals surface area contributed by atoms with Gasteiger partial charge in [-0.1, -0.05) is 5.16 Å². The zero-order valence-electron chi connectivity index (χ0n) is 17.8. The fourth-order valence-corrected chi connectivity index (χ4v) is 3.82. The van der Waals surface area contributed by atoms with Gasteiger partial charge in [-0.05, 0) is 57.0 Å². The SMILES string of the molecule is Cc1cc(C)n(CCC(=O)N2CCC(c3noc(COc4ccc(F)cc4)n3)CC2)n1. The second-order valence-corrected chi connectivity index (χ2v) is 7.84. The predicted molar refractivity (Wildman–Crippen MR) is 110 cm³/mol. The number of hydrogen-bond acceptors (Lipinski definition) is 6. The quantitative estimate of drug-likeness (QED) is 0.574. The number of piperidine rings is 1. The van der Waals surface area contributed by atoms with Gasteiger partial charge in [0.2, 0.25) is 5.91 Å². The van der Waals surface area contributed by atoms with E-state index in [4.69, 9.17) is 9.26 Å². The van der Waals surface area contributed by atoms with Crippen LogP contribution in [0.25, 0.3) is 0 Å². The molecule has 31 heavy (non-hydrogen) atoms. The summed E-state index contributed by atoms with van der Waals surface area (Å²) >= 11 is 0. The summed E-state index contributed by atoms with van der Waals surface area (Å²) in [5.74, 6) is 1.54. The van der Waals surface area contributed by atoms with Crippen molar-refractivity contribution in [2.75, 3.05) is 13.1 Å². The Kier molecular flexibility index (Phi) is 6.29. The highest BCUT2D eigenvalue weighted by atomic mass is 19.1. The Hall–Kier alpha value is -3.23. The minimum atomic E-state index is -0.316. The highest BCUT2D eigenvalue weighted by Gasteiger charge is 2.27. The molecule has 0 radical (unpaired) electrons. The average Bonchev–Trinajstić information content (AvgIpc) is 3.37. The van der Waals surface area contributed by atoms with Gasteiger partial charge >= 0.3 is 0 Å². The first kappa shape index (κ1) is 21.0. The molecule has 0 bridgehead atoms. The van der Waals surface area contributed by atoms with Gasteiger partial charge in [0, 0.05) is 37.7 Å². The molecule has 8 nitrogen and oxygen atoms in total. The molecule has 4 rings (SSSR count). The van der Waals surface area contributed by atoms with Gasteiger partial charge in [0.1, 0.15) is 11.6 Å². The van der Waals surface area contributed by atoms with Gasteiger partial charge in [-0.25, -0.2) is 4.39 Å². The van der Waals surface area contributed by atoms with Crippen molar-refractivity contribution in [2.24, 2.45) is 0 Å². The Balaban J connectivity index is 1.23. The van der Waals surface area contributed by atoms with E-state index in [1.807, 2.05) is 29.5 Å². The average molecular weight is 427 g/mol. The Morgan fingerprint density at radius 1 is 1.23 bits per heavy atom. The van der Waals surface area contributed by atoms with Crippen molar-refractivity contribution < 1.29 is 18.4 Å². The molecule has 1 aliphatic heterocycles. The molecule has 1 fully saturated rings. The van der Waals surface area contributed by atoms with E-state index in [9.17, 15) is 9.18 Å². The smallest absolute Gasteiger partial charge is 0.264 e. The molecule has 2 aromatic heterocycles. The molecule has 1 aliphatic rings. The standard InChI is InChI=1S/C22H26FN5O3/c1-15-13-16(2)28(25-15)12-9-21(29)27-10-7-17(8-11-27)22-24-20(31-26-22)14-30-19-5-3-18(23)4-6-19/h3-6,13,17H,7-12,14H2,1-2H3. The van der Waals surface area contributed by atoms with Crippen LogP contribution in [0.2, 0.25) is 0 Å². The number of likely N-dealkylation sites (tertiary alicyclic amines) is 1. The van der Waals surface area contributed by atoms with Crippen molar-refractivity contribution in [1.82, 2.24) is 24.8 Å². The number of ether oxygens (including phenoxy) is 1. The first-order chi connectivity index (χ1) is 15.0. The molecule has 1 aromatic carbocycles. The molecule has 164 valence electrons. The zero-order chi connectivity index (χ0) is 21.8. The summed E-state index contributed by atoms with van der Waals surface area (Å²) in [6.07, 6.45) is 2.03. The zero-order valence-corrected chi connectivity index (χ0v) is 17.8. The molecule has 3 heterocycles. The number of carbonyl (C=O) groups is 1. The van der Waals surface area contributed by atoms with Crippen LogP contribution in [0.1, 0.15) is 48.3 Å². The number of benzene rings is 1. The first-order valence-corrected chi connectivity index (χ1v) is 10.5. The number of carbonyl (C=O) groups excluding carboxylic acids is 1. The van der Waals surface area contributed by atoms with Gasteiger partial charge in [-0.3, -0.25) is 9.48 Å². The van der Waals surface area contributed by atoms with E-state index in [1.54, 1.807) is 12.1 Å². The number of amides is 1. The van der Waals surface area contributed by atoms with Gasteiger partial charge in [0.05, 0.1) is 5.69 Å². The van der Waals surface area contributed by atoms with E-state index in [-0.39, 0.29) is 24.2 Å². The molecule has 1 amide bonds. The maximum atomic E-state index is 12.9. The number of hydrogen-bond donors (Lipinski definition) is 0. The molecule has 0 spiro atoms. The summed E-state index contributed by atoms with van der Waals surface area (Å²) in [7, 11) is 0. The van der Waals surface area contributed by atoms with Crippen molar-refractivity contribution in [1.29, 1.82) is 0 Å². The fourth-order valence-electron chi connectivity index (χ4n) is 3.82. The third-order valence-corrected chi connectivity index (χ3v) is 5.51. The van der Waals surface area contributed by atoms with Crippen LogP contribution < -0.4 is 4.74 Å². The molecule has 0 aliphatic carbocycles. The monoisotopic (exact) mass is 427 g/mol. The summed E-state index contributed by atoms with van der Waals surface area (Å²) < 4.78 is 25.7. The molecule has 3 aromatic rings. The van der Waals surface area contributed by atoms with Crippen LogP contribution >= 0.6 is 0 Å². The van der Waals surface area contributed by atoms with Crippen LogP contribution in [0.5, 0.6) is 5.75 Å². The summed E-state index contributed by atoms with van der Waals surface area (Å²) in [4.78, 5) is 18.9. The normalized spacial score (nSPS) is 14.7. The summed E-state index contributed by atoms with van der Waals surface area (Å²) in [5.41, 5.74) is 2.04. The van der Waals surface area contributed by atoms with Crippen LogP contribution in [0.4, 0.5) is 4.39 Å². The lowest BCUT2D eigenvalue weighted by Crippen LogP contribution is -2.38. The maximum Gasteiger partial charge on any atom is 0.264 e. The second-order valence-electron chi connectivity index (χ2n) is 7.84. The van der Waals surface area contributed by atoms with Gasteiger partial charge in [-0.15, -0.1) is 0 Å². The van der Waals surface area contributed by atoms with Crippen molar-refractivity contribution in [3.63, 3.8) is 0 Å². The Morgan fingerprint density at radius 2 is 1.97 bits per heavy atom. The summed E-state index contributed by atoms with van der Waals surface area (Å²) in [6, 6.07) is 7.78. The Labute approximate surface area is 180 Å². The number of aryl methyl sites for hydroxylation is 3. The number of nitrogens with zero attached hydrogens (tertiary/aromatic N) is 5. The van der Waals surface area contributed by atoms with Crippen molar-refractivity contribution in [2.45, 2.75) is 52.2 Å². The molecule has 1 saturated heterocycles. The van der Waals surface area contributed by atoms with E-state index in [1.165, 1.54) is 12.1 Å². The molecule has 9 heteroatoms. The maximum absolute atomic E-state index is 12.9. The van der Waals surface area contributed by atoms with Gasteiger partial charge < -0.3 is 14.2 Å². The lowest BCUT2D eigenvalue weighted by Gasteiger charge is -2.30. The number of rotatable bonds is 7. The van der Waals surface area contributed by atoms with E-state index < -0.39 is 0 Å². The first-order valence-electron chi connectivity index (χ1n) is 10.5. The topological polar surface area (TPSA) is 86.3 Å². The van der Waals surface area contributed by atoms with E-state index in [2.05, 4.69) is 15.2 Å². The fraction of sp³-hybridized carbons (Fsp3) is 0.455. The molecule has 0 saturated carbocycles. The van der Waals surface area contributed by atoms with Crippen molar-refractivity contribution in [3.05, 3.63) is 59.3 Å². The van der Waals surface area contributed by atoms with E-state index >= 15 is 0 Å². The molecular formula is C22H26FN5O3. The number of halogens is 1. The van der Waals surface area contributed by atoms with Crippen molar-refractivity contribution >= 4 is 5.91 Å². The summed E-state index contributed by atoms with van der Waals surface area (Å²) in [6.45, 7) is 6.03. The number of aromatic nitrogens is 4. The molecule has 0 unspecified atom stereocenters. The lowest BCUT2D eigenvalue weighted by molar-refractivity contribution is -0.132. The van der Waals surface area contributed by atoms with Crippen LogP contribution in [0, 0.1) is 19.7 Å². The molecular weight excluding hydrogens is 401 g/mol. The van der Waals surface area contributed by atoms with Crippen LogP contribution in [-0.4, -0.2) is 43.8 Å². The highest BCUT2D eigenvalue weighted by Crippen LogP contribution is 2.26. The Bertz CT molecular complexity index is 1020. The predicted octanol–water partition coefficient (Wildman–Crippen LogP) is 3.40. The van der Waals surface area contributed by atoms with Crippen LogP contribution in [0.3, 0.4) is 0 Å². The van der Waals surface area contributed by atoms with E-state index in [0.717, 1.165) is 24.2 Å². The van der Waals surface area contributed by atoms with Gasteiger partial charge in [0.25, 0.3) is 5.89 Å². The third-order valence-electron chi connectivity index (χ3n) is 5.51. The van der Waals surface area contributed by atoms with E-state index in [0.29, 0.717) is 43.5 Å². The van der Waals surface area contributed by atoms with Gasteiger partial charge in [0.15, 0.2) is 12.4 Å². The third kappa shape index (κ3) is 5.28. The minimum Gasteiger partial charge on any atom is -0.484 e. The minimum absolute atomic E-state index is 0.127. The molecule has 0 N–H and O–H groups in total. The Morgan fingerprint density at radius 3 is 2.65 bits per heavy atom. The van der Waals surface area contributed by atoms with Crippen molar-refractivity contribution in [3.8, 4) is 5.75 Å². The van der Waals surface area contributed by atoms with Gasteiger partial charge in [-0.2, -0.15) is 10.1 Å². The lowest BCUT2D eigenvalue weighted by atomic mass is 9.96. The van der Waals surface area contributed by atoms with Crippen LogP contribution in [-0.2, 0) is 17.9 Å². The second kappa shape index (κ2) is 9.28. The largest absolute Gasteiger partial charge is 0.484 e.